The van der Waals surface area contributed by atoms with Crippen LogP contribution in [-0.4, -0.2) is 23.8 Å². The Kier molecular flexibility index (Phi) is 9.68. The summed E-state index contributed by atoms with van der Waals surface area (Å²) in [5.41, 5.74) is 2.23. The van der Waals surface area contributed by atoms with E-state index in [2.05, 4.69) is 55.2 Å². The quantitative estimate of drug-likeness (QED) is 0.255. The molecule has 2 aliphatic carbocycles. The van der Waals surface area contributed by atoms with Crippen molar-refractivity contribution in [1.82, 2.24) is 0 Å². The Balaban J connectivity index is 2.06. The molecule has 3 nitrogen and oxygen atoms in total. The van der Waals surface area contributed by atoms with Gasteiger partial charge in [0.2, 0.25) is 0 Å². The molecule has 184 valence electrons. The van der Waals surface area contributed by atoms with Gasteiger partial charge in [-0.2, -0.15) is 0 Å². The zero-order chi connectivity index (χ0) is 24.3. The molecule has 0 aromatic carbocycles. The first kappa shape index (κ1) is 27.6. The Labute approximate surface area is 205 Å². The molecule has 1 N–H and O–H groups in total. The fourth-order valence-electron chi connectivity index (χ4n) is 6.44. The normalized spacial score (nSPS) is 30.1. The van der Waals surface area contributed by atoms with Gasteiger partial charge in [0.05, 0.1) is 11.5 Å². The molecule has 0 aliphatic heterocycles. The Morgan fingerprint density at radius 1 is 1.28 bits per heavy atom. The summed E-state index contributed by atoms with van der Waals surface area (Å²) >= 11 is 3.62. The van der Waals surface area contributed by atoms with Gasteiger partial charge in [-0.25, -0.2) is 0 Å². The molecule has 2 aliphatic rings. The van der Waals surface area contributed by atoms with E-state index in [0.29, 0.717) is 29.1 Å². The van der Waals surface area contributed by atoms with Crippen LogP contribution in [-0.2, 0) is 9.53 Å². The van der Waals surface area contributed by atoms with Gasteiger partial charge < -0.3 is 9.84 Å². The average molecular weight is 512 g/mol. The van der Waals surface area contributed by atoms with Gasteiger partial charge in [0.15, 0.2) is 0 Å². The second-order valence-electron chi connectivity index (χ2n) is 12.3. The SMILES string of the molecule is C=C(COC(=O)C(C)(C)C)[C@H](CC(C)C)[C@H](O)C[C@@H](C)[C@H]1CC[C@H]2C(=CBr)CCC[C@]12C. The summed E-state index contributed by atoms with van der Waals surface area (Å²) in [5.74, 6) is 1.95. The van der Waals surface area contributed by atoms with E-state index < -0.39 is 11.5 Å². The number of hydrogen-bond donors (Lipinski definition) is 1. The van der Waals surface area contributed by atoms with Gasteiger partial charge in [-0.15, -0.1) is 0 Å². The largest absolute Gasteiger partial charge is 0.461 e. The van der Waals surface area contributed by atoms with Crippen LogP contribution in [0.2, 0.25) is 0 Å². The summed E-state index contributed by atoms with van der Waals surface area (Å²) < 4.78 is 5.54. The molecule has 0 aromatic rings. The van der Waals surface area contributed by atoms with E-state index in [-0.39, 0.29) is 18.5 Å². The molecule has 2 fully saturated rings. The van der Waals surface area contributed by atoms with Crippen molar-refractivity contribution in [3.05, 3.63) is 22.7 Å². The molecular weight excluding hydrogens is 464 g/mol. The minimum atomic E-state index is -0.530. The van der Waals surface area contributed by atoms with Crippen LogP contribution in [0.4, 0.5) is 0 Å². The third-order valence-electron chi connectivity index (χ3n) is 8.19. The average Bonchev–Trinajstić information content (AvgIpc) is 3.05. The van der Waals surface area contributed by atoms with Gasteiger partial charge in [-0.1, -0.05) is 55.8 Å². The highest BCUT2D eigenvalue weighted by Crippen LogP contribution is 2.60. The number of carbonyl (C=O) groups is 1. The molecule has 0 bridgehead atoms. The number of ether oxygens (including phenoxy) is 1. The van der Waals surface area contributed by atoms with Gasteiger partial charge in [-0.3, -0.25) is 4.79 Å². The summed E-state index contributed by atoms with van der Waals surface area (Å²) in [7, 11) is 0. The maximum absolute atomic E-state index is 12.2. The Bertz CT molecular complexity index is 689. The Morgan fingerprint density at radius 3 is 2.50 bits per heavy atom. The first-order valence-electron chi connectivity index (χ1n) is 12.6. The molecule has 0 radical (unpaired) electrons. The van der Waals surface area contributed by atoms with E-state index in [1.165, 1.54) is 32.1 Å². The van der Waals surface area contributed by atoms with Crippen LogP contribution in [0.25, 0.3) is 0 Å². The molecule has 2 rings (SSSR count). The zero-order valence-electron chi connectivity index (χ0n) is 21.5. The van der Waals surface area contributed by atoms with Gasteiger partial charge in [0.1, 0.15) is 6.61 Å². The van der Waals surface area contributed by atoms with E-state index in [9.17, 15) is 9.90 Å². The van der Waals surface area contributed by atoms with Crippen LogP contribution >= 0.6 is 15.9 Å². The monoisotopic (exact) mass is 510 g/mol. The predicted octanol–water partition coefficient (Wildman–Crippen LogP) is 7.68. The van der Waals surface area contributed by atoms with E-state index in [0.717, 1.165) is 18.4 Å². The molecule has 0 saturated heterocycles. The van der Waals surface area contributed by atoms with Crippen LogP contribution in [0.15, 0.2) is 22.7 Å². The van der Waals surface area contributed by atoms with E-state index in [1.807, 2.05) is 20.8 Å². The Hall–Kier alpha value is -0.610. The second kappa shape index (κ2) is 11.2. The van der Waals surface area contributed by atoms with E-state index >= 15 is 0 Å². The standard InChI is InChI=1S/C28H47BrO3/c1-18(2)14-22(20(4)17-32-26(31)27(5,6)7)25(30)15-19(3)23-11-12-24-21(16-29)10-9-13-28(23,24)8/h16,18-19,22-25,30H,4,9-15,17H2,1-3,5-8H3/t19-,22+,23-,24+,25-,28-/m1/s1. The lowest BCUT2D eigenvalue weighted by molar-refractivity contribution is -0.152. The molecule has 0 amide bonds. The first-order chi connectivity index (χ1) is 14.8. The summed E-state index contributed by atoms with van der Waals surface area (Å²) in [6.45, 7) is 19.2. The van der Waals surface area contributed by atoms with Gasteiger partial charge in [0, 0.05) is 5.92 Å². The number of allylic oxidation sites excluding steroid dienone is 1. The molecule has 6 atom stereocenters. The molecule has 4 heteroatoms. The summed E-state index contributed by atoms with van der Waals surface area (Å²) in [6, 6.07) is 0. The topological polar surface area (TPSA) is 46.5 Å². The molecule has 0 heterocycles. The highest BCUT2D eigenvalue weighted by atomic mass is 79.9. The zero-order valence-corrected chi connectivity index (χ0v) is 23.1. The molecule has 32 heavy (non-hydrogen) atoms. The minimum absolute atomic E-state index is 0.0421. The summed E-state index contributed by atoms with van der Waals surface area (Å²) in [4.78, 5) is 14.4. The van der Waals surface area contributed by atoms with Crippen molar-refractivity contribution in [2.45, 2.75) is 99.5 Å². The Morgan fingerprint density at radius 2 is 1.94 bits per heavy atom. The minimum Gasteiger partial charge on any atom is -0.461 e. The van der Waals surface area contributed by atoms with Crippen molar-refractivity contribution in [1.29, 1.82) is 0 Å². The second-order valence-corrected chi connectivity index (χ2v) is 12.7. The van der Waals surface area contributed by atoms with E-state index in [4.69, 9.17) is 4.74 Å². The molecular formula is C28H47BrO3. The number of rotatable bonds is 9. The van der Waals surface area contributed by atoms with Crippen LogP contribution in [0, 0.1) is 40.4 Å². The fourth-order valence-corrected chi connectivity index (χ4v) is 6.99. The summed E-state index contributed by atoms with van der Waals surface area (Å²) in [5, 5.41) is 11.3. The van der Waals surface area contributed by atoms with Crippen molar-refractivity contribution in [3.8, 4) is 0 Å². The lowest BCUT2D eigenvalue weighted by Crippen LogP contribution is -2.37. The fraction of sp³-hybridized carbons (Fsp3) is 0.821. The van der Waals surface area contributed by atoms with E-state index in [1.54, 1.807) is 5.57 Å². The molecule has 0 spiro atoms. The van der Waals surface area contributed by atoms with Gasteiger partial charge in [0.25, 0.3) is 0 Å². The number of hydrogen-bond acceptors (Lipinski definition) is 3. The molecule has 0 aromatic heterocycles. The van der Waals surface area contributed by atoms with Gasteiger partial charge >= 0.3 is 5.97 Å². The smallest absolute Gasteiger partial charge is 0.311 e. The maximum atomic E-state index is 12.2. The lowest BCUT2D eigenvalue weighted by atomic mass is 9.61. The number of aliphatic hydroxyl groups excluding tert-OH is 1. The van der Waals surface area contributed by atoms with Crippen molar-refractivity contribution in [2.75, 3.05) is 6.61 Å². The van der Waals surface area contributed by atoms with Crippen LogP contribution < -0.4 is 0 Å². The third kappa shape index (κ3) is 6.50. The number of halogens is 1. The summed E-state index contributed by atoms with van der Waals surface area (Å²) in [6.07, 6.45) is 7.48. The van der Waals surface area contributed by atoms with Crippen molar-refractivity contribution in [3.63, 3.8) is 0 Å². The first-order valence-corrected chi connectivity index (χ1v) is 13.5. The number of fused-ring (bicyclic) bond motifs is 1. The number of aliphatic hydroxyl groups is 1. The highest BCUT2D eigenvalue weighted by molar-refractivity contribution is 9.11. The maximum Gasteiger partial charge on any atom is 0.311 e. The van der Waals surface area contributed by atoms with Crippen molar-refractivity contribution in [2.24, 2.45) is 40.4 Å². The highest BCUT2D eigenvalue weighted by Gasteiger charge is 2.51. The van der Waals surface area contributed by atoms with Crippen molar-refractivity contribution >= 4 is 21.9 Å². The van der Waals surface area contributed by atoms with Gasteiger partial charge in [-0.05, 0) is 105 Å². The molecule has 0 unspecified atom stereocenters. The number of carbonyl (C=O) groups excluding carboxylic acids is 1. The van der Waals surface area contributed by atoms with Crippen LogP contribution in [0.1, 0.15) is 93.4 Å². The lowest BCUT2D eigenvalue weighted by Gasteiger charge is -2.45. The molecule has 2 saturated carbocycles. The third-order valence-corrected chi connectivity index (χ3v) is 8.78. The number of esters is 1. The van der Waals surface area contributed by atoms with Crippen molar-refractivity contribution < 1.29 is 14.6 Å². The van der Waals surface area contributed by atoms with Crippen LogP contribution in [0.5, 0.6) is 0 Å². The predicted molar refractivity (Wildman–Crippen MR) is 137 cm³/mol. The van der Waals surface area contributed by atoms with Crippen LogP contribution in [0.3, 0.4) is 0 Å².